The highest BCUT2D eigenvalue weighted by atomic mass is 35.5. The van der Waals surface area contributed by atoms with Crippen LogP contribution in [0.3, 0.4) is 0 Å². The number of benzene rings is 1. The highest BCUT2D eigenvalue weighted by Gasteiger charge is 2.16. The number of aryl methyl sites for hydroxylation is 2. The third-order valence-electron chi connectivity index (χ3n) is 3.31. The first kappa shape index (κ1) is 17.9. The summed E-state index contributed by atoms with van der Waals surface area (Å²) in [6.45, 7) is 3.50. The normalized spacial score (nSPS) is 10.9. The molecule has 130 valence electrons. The highest BCUT2D eigenvalue weighted by molar-refractivity contribution is 8.00. The monoisotopic (exact) mass is 397 g/mol. The molecule has 0 aliphatic carbocycles. The predicted octanol–water partition coefficient (Wildman–Crippen LogP) is 5.09. The third-order valence-corrected chi connectivity index (χ3v) is 5.67. The molecule has 3 aromatic rings. The van der Waals surface area contributed by atoms with E-state index in [0.29, 0.717) is 42.9 Å². The number of nitrogens with one attached hydrogen (secondary N) is 1. The SMILES string of the molecule is Cc1cc(C(=O)Nc2nnc(SCc3c(F)cccc3Cl)s2)c(C)o1. The van der Waals surface area contributed by atoms with Crippen molar-refractivity contribution < 1.29 is 13.6 Å². The second kappa shape index (κ2) is 7.55. The molecule has 0 bridgehead atoms. The first-order valence-corrected chi connectivity index (χ1v) is 9.39. The smallest absolute Gasteiger partial charge is 0.261 e. The van der Waals surface area contributed by atoms with Crippen molar-refractivity contribution in [1.29, 1.82) is 0 Å². The van der Waals surface area contributed by atoms with Crippen molar-refractivity contribution in [3.05, 3.63) is 57.8 Å². The molecule has 0 fully saturated rings. The summed E-state index contributed by atoms with van der Waals surface area (Å²) in [6, 6.07) is 6.23. The van der Waals surface area contributed by atoms with E-state index in [9.17, 15) is 9.18 Å². The molecular formula is C16H13ClFN3O2S2. The summed E-state index contributed by atoms with van der Waals surface area (Å²) in [7, 11) is 0. The Labute approximate surface area is 156 Å². The summed E-state index contributed by atoms with van der Waals surface area (Å²) in [5.41, 5.74) is 0.875. The Bertz CT molecular complexity index is 906. The number of hydrogen-bond donors (Lipinski definition) is 1. The van der Waals surface area contributed by atoms with E-state index >= 15 is 0 Å². The standard InChI is InChI=1S/C16H13ClFN3O2S2/c1-8-6-10(9(2)23-8)14(22)19-15-20-21-16(25-15)24-7-11-12(17)4-3-5-13(11)18/h3-6H,7H2,1-2H3,(H,19,20,22). The first-order chi connectivity index (χ1) is 11.9. The number of hydrogen-bond acceptors (Lipinski definition) is 6. The van der Waals surface area contributed by atoms with Gasteiger partial charge in [-0.3, -0.25) is 10.1 Å². The summed E-state index contributed by atoms with van der Waals surface area (Å²) in [4.78, 5) is 12.2. The Morgan fingerprint density at radius 2 is 2.20 bits per heavy atom. The second-order valence-corrected chi connectivity index (χ2v) is 7.75. The summed E-state index contributed by atoms with van der Waals surface area (Å²) in [5.74, 6) is 0.873. The number of rotatable bonds is 5. The average Bonchev–Trinajstić information content (AvgIpc) is 3.13. The van der Waals surface area contributed by atoms with Crippen molar-refractivity contribution in [2.24, 2.45) is 0 Å². The van der Waals surface area contributed by atoms with E-state index in [4.69, 9.17) is 16.0 Å². The molecule has 0 aliphatic rings. The number of carbonyl (C=O) groups is 1. The number of halogens is 2. The van der Waals surface area contributed by atoms with Gasteiger partial charge in [-0.15, -0.1) is 10.2 Å². The number of amides is 1. The summed E-state index contributed by atoms with van der Waals surface area (Å²) >= 11 is 8.52. The van der Waals surface area contributed by atoms with Crippen molar-refractivity contribution in [2.75, 3.05) is 5.32 Å². The topological polar surface area (TPSA) is 68.0 Å². The number of furan rings is 1. The molecule has 0 unspecified atom stereocenters. The van der Waals surface area contributed by atoms with Crippen molar-refractivity contribution in [1.82, 2.24) is 10.2 Å². The Morgan fingerprint density at radius 1 is 1.40 bits per heavy atom. The molecule has 5 nitrogen and oxygen atoms in total. The zero-order valence-corrected chi connectivity index (χ0v) is 15.7. The molecule has 1 N–H and O–H groups in total. The van der Waals surface area contributed by atoms with Crippen LogP contribution >= 0.6 is 34.7 Å². The van der Waals surface area contributed by atoms with Gasteiger partial charge >= 0.3 is 0 Å². The van der Waals surface area contributed by atoms with Gasteiger partial charge < -0.3 is 4.42 Å². The molecule has 0 saturated heterocycles. The lowest BCUT2D eigenvalue weighted by Crippen LogP contribution is -2.11. The molecule has 0 spiro atoms. The maximum Gasteiger partial charge on any atom is 0.261 e. The van der Waals surface area contributed by atoms with E-state index in [2.05, 4.69) is 15.5 Å². The van der Waals surface area contributed by atoms with Crippen molar-refractivity contribution in [2.45, 2.75) is 23.9 Å². The van der Waals surface area contributed by atoms with Crippen LogP contribution < -0.4 is 5.32 Å². The number of thioether (sulfide) groups is 1. The van der Waals surface area contributed by atoms with Crippen LogP contribution in [0.2, 0.25) is 5.02 Å². The van der Waals surface area contributed by atoms with Gasteiger partial charge in [-0.25, -0.2) is 4.39 Å². The van der Waals surface area contributed by atoms with Gasteiger partial charge in [-0.1, -0.05) is 40.8 Å². The largest absolute Gasteiger partial charge is 0.466 e. The molecule has 2 heterocycles. The fraction of sp³-hybridized carbons (Fsp3) is 0.188. The minimum atomic E-state index is -0.358. The van der Waals surface area contributed by atoms with Crippen LogP contribution in [-0.4, -0.2) is 16.1 Å². The van der Waals surface area contributed by atoms with Gasteiger partial charge in [0.1, 0.15) is 17.3 Å². The summed E-state index contributed by atoms with van der Waals surface area (Å²) in [6.07, 6.45) is 0. The number of aromatic nitrogens is 2. The maximum absolute atomic E-state index is 13.8. The van der Waals surface area contributed by atoms with Crippen LogP contribution in [0.4, 0.5) is 9.52 Å². The average molecular weight is 398 g/mol. The summed E-state index contributed by atoms with van der Waals surface area (Å²) in [5, 5.41) is 11.4. The van der Waals surface area contributed by atoms with E-state index in [1.165, 1.54) is 29.2 Å². The molecule has 1 amide bonds. The van der Waals surface area contributed by atoms with Crippen LogP contribution in [0.5, 0.6) is 0 Å². The van der Waals surface area contributed by atoms with Gasteiger partial charge in [0.15, 0.2) is 4.34 Å². The van der Waals surface area contributed by atoms with E-state index < -0.39 is 0 Å². The molecular weight excluding hydrogens is 385 g/mol. The van der Waals surface area contributed by atoms with E-state index in [0.717, 1.165) is 0 Å². The molecule has 0 atom stereocenters. The number of nitrogens with zero attached hydrogens (tertiary/aromatic N) is 2. The van der Waals surface area contributed by atoms with Crippen LogP contribution in [0.15, 0.2) is 33.0 Å². The lowest BCUT2D eigenvalue weighted by Gasteiger charge is -2.03. The van der Waals surface area contributed by atoms with E-state index in [-0.39, 0.29) is 11.7 Å². The summed E-state index contributed by atoms with van der Waals surface area (Å²) < 4.78 is 19.7. The Hall–Kier alpha value is -1.90. The molecule has 2 aromatic heterocycles. The molecule has 9 heteroatoms. The molecule has 25 heavy (non-hydrogen) atoms. The van der Waals surface area contributed by atoms with Crippen LogP contribution in [0, 0.1) is 19.7 Å². The zero-order valence-electron chi connectivity index (χ0n) is 13.3. The van der Waals surface area contributed by atoms with Gasteiger partial charge in [-0.05, 0) is 32.0 Å². The minimum absolute atomic E-state index is 0.306. The van der Waals surface area contributed by atoms with E-state index in [1.807, 2.05) is 0 Å². The Balaban J connectivity index is 1.64. The molecule has 0 saturated carbocycles. The van der Waals surface area contributed by atoms with Gasteiger partial charge in [-0.2, -0.15) is 0 Å². The quantitative estimate of drug-likeness (QED) is 0.480. The van der Waals surface area contributed by atoms with Crippen LogP contribution in [0.1, 0.15) is 27.4 Å². The Morgan fingerprint density at radius 3 is 2.88 bits per heavy atom. The van der Waals surface area contributed by atoms with Crippen molar-refractivity contribution in [3.8, 4) is 0 Å². The van der Waals surface area contributed by atoms with Gasteiger partial charge in [0, 0.05) is 16.3 Å². The van der Waals surface area contributed by atoms with Gasteiger partial charge in [0.25, 0.3) is 5.91 Å². The lowest BCUT2D eigenvalue weighted by molar-refractivity contribution is 0.102. The third kappa shape index (κ3) is 4.20. The minimum Gasteiger partial charge on any atom is -0.466 e. The second-order valence-electron chi connectivity index (χ2n) is 5.14. The number of carbonyl (C=O) groups excluding carboxylic acids is 1. The molecule has 1 aromatic carbocycles. The predicted molar refractivity (Wildman–Crippen MR) is 97.0 cm³/mol. The highest BCUT2D eigenvalue weighted by Crippen LogP contribution is 2.31. The lowest BCUT2D eigenvalue weighted by atomic mass is 10.2. The van der Waals surface area contributed by atoms with Crippen molar-refractivity contribution >= 4 is 45.7 Å². The molecule has 0 aliphatic heterocycles. The van der Waals surface area contributed by atoms with Crippen LogP contribution in [-0.2, 0) is 5.75 Å². The molecule has 0 radical (unpaired) electrons. The van der Waals surface area contributed by atoms with Crippen LogP contribution in [0.25, 0.3) is 0 Å². The Kier molecular flexibility index (Phi) is 5.41. The van der Waals surface area contributed by atoms with Gasteiger partial charge in [0.05, 0.1) is 5.56 Å². The fourth-order valence-corrected chi connectivity index (χ4v) is 4.23. The first-order valence-electron chi connectivity index (χ1n) is 7.21. The van der Waals surface area contributed by atoms with E-state index in [1.54, 1.807) is 32.0 Å². The molecule has 3 rings (SSSR count). The zero-order chi connectivity index (χ0) is 18.0. The van der Waals surface area contributed by atoms with Gasteiger partial charge in [0.2, 0.25) is 5.13 Å². The maximum atomic E-state index is 13.8. The van der Waals surface area contributed by atoms with Crippen molar-refractivity contribution in [3.63, 3.8) is 0 Å². The number of anilines is 1. The fourth-order valence-electron chi connectivity index (χ4n) is 2.14.